The van der Waals surface area contributed by atoms with Crippen LogP contribution in [0.5, 0.6) is 5.75 Å². The second-order valence-electron chi connectivity index (χ2n) is 5.11. The number of halogens is 1. The second kappa shape index (κ2) is 7.15. The minimum Gasteiger partial charge on any atom is -0.494 e. The molecule has 20 heavy (non-hydrogen) atoms. The van der Waals surface area contributed by atoms with Crippen molar-refractivity contribution < 1.29 is 4.74 Å². The maximum absolute atomic E-state index is 5.46. The van der Waals surface area contributed by atoms with Gasteiger partial charge in [-0.1, -0.05) is 12.1 Å². The largest absolute Gasteiger partial charge is 0.494 e. The molecule has 0 amide bonds. The molecule has 2 N–H and O–H groups in total. The normalized spacial score (nSPS) is 23.9. The van der Waals surface area contributed by atoms with Crippen LogP contribution in [-0.2, 0) is 0 Å². The molecule has 1 aliphatic heterocycles. The van der Waals surface area contributed by atoms with E-state index in [0.29, 0.717) is 12.0 Å². The topological polar surface area (TPSA) is 45.6 Å². The minimum atomic E-state index is 0. The van der Waals surface area contributed by atoms with Crippen molar-refractivity contribution in [3.05, 3.63) is 29.8 Å². The van der Waals surface area contributed by atoms with Gasteiger partial charge >= 0.3 is 0 Å². The van der Waals surface area contributed by atoms with Gasteiger partial charge in [0, 0.05) is 25.0 Å². The number of nitrogens with zero attached hydrogens (tertiary/aromatic N) is 1. The highest BCUT2D eigenvalue weighted by molar-refractivity contribution is 14.0. The molecule has 1 fully saturated rings. The van der Waals surface area contributed by atoms with Crippen molar-refractivity contribution in [2.24, 2.45) is 4.99 Å². The van der Waals surface area contributed by atoms with Gasteiger partial charge in [-0.25, -0.2) is 0 Å². The number of hydrogen-bond donors (Lipinski definition) is 2. The van der Waals surface area contributed by atoms with Crippen molar-refractivity contribution in [1.82, 2.24) is 10.6 Å². The molecule has 2 aliphatic rings. The Morgan fingerprint density at radius 2 is 2.15 bits per heavy atom. The van der Waals surface area contributed by atoms with Crippen LogP contribution in [0.2, 0.25) is 0 Å². The lowest BCUT2D eigenvalue weighted by Crippen LogP contribution is -2.42. The zero-order chi connectivity index (χ0) is 13.1. The zero-order valence-electron chi connectivity index (χ0n) is 11.8. The Morgan fingerprint density at radius 1 is 1.35 bits per heavy atom. The van der Waals surface area contributed by atoms with Gasteiger partial charge in [0.25, 0.3) is 0 Å². The van der Waals surface area contributed by atoms with E-state index < -0.39 is 0 Å². The summed E-state index contributed by atoms with van der Waals surface area (Å²) in [5.41, 5.74) is 1.39. The summed E-state index contributed by atoms with van der Waals surface area (Å²) in [4.78, 5) is 4.45. The molecule has 0 spiro atoms. The van der Waals surface area contributed by atoms with Crippen LogP contribution in [-0.4, -0.2) is 31.7 Å². The Kier molecular flexibility index (Phi) is 5.51. The number of hydrogen-bond acceptors (Lipinski definition) is 4. The Morgan fingerprint density at radius 3 is 2.80 bits per heavy atom. The van der Waals surface area contributed by atoms with Gasteiger partial charge in [-0.05, 0) is 37.5 Å². The highest BCUT2D eigenvalue weighted by Gasteiger charge is 2.39. The molecular weight excluding hydrogens is 365 g/mol. The van der Waals surface area contributed by atoms with Crippen molar-refractivity contribution in [2.75, 3.05) is 19.7 Å². The van der Waals surface area contributed by atoms with E-state index in [0.717, 1.165) is 37.8 Å². The van der Waals surface area contributed by atoms with E-state index in [1.54, 1.807) is 0 Å². The molecule has 0 radical (unpaired) electrons. The molecule has 1 saturated carbocycles. The monoisotopic (exact) mass is 387 g/mol. The third-order valence-corrected chi connectivity index (χ3v) is 3.63. The molecule has 4 nitrogen and oxygen atoms in total. The molecule has 1 aliphatic carbocycles. The highest BCUT2D eigenvalue weighted by atomic mass is 127. The van der Waals surface area contributed by atoms with Crippen LogP contribution in [0.3, 0.4) is 0 Å². The minimum absolute atomic E-state index is 0. The maximum atomic E-state index is 5.46. The first kappa shape index (κ1) is 15.4. The van der Waals surface area contributed by atoms with E-state index >= 15 is 0 Å². The lowest BCUT2D eigenvalue weighted by atomic mass is 10.1. The van der Waals surface area contributed by atoms with Gasteiger partial charge in [-0.15, -0.1) is 24.0 Å². The van der Waals surface area contributed by atoms with E-state index in [1.807, 2.05) is 6.92 Å². The van der Waals surface area contributed by atoms with E-state index in [4.69, 9.17) is 4.74 Å². The number of rotatable bonds is 4. The lowest BCUT2D eigenvalue weighted by molar-refractivity contribution is 0.340. The summed E-state index contributed by atoms with van der Waals surface area (Å²) in [5.74, 6) is 2.54. The average Bonchev–Trinajstić information content (AvgIpc) is 3.20. The van der Waals surface area contributed by atoms with Gasteiger partial charge < -0.3 is 15.4 Å². The van der Waals surface area contributed by atoms with Crippen molar-refractivity contribution in [2.45, 2.75) is 31.7 Å². The predicted molar refractivity (Wildman–Crippen MR) is 92.2 cm³/mol. The van der Waals surface area contributed by atoms with Crippen molar-refractivity contribution in [3.8, 4) is 5.75 Å². The predicted octanol–water partition coefficient (Wildman–Crippen LogP) is 2.50. The molecule has 3 rings (SSSR count). The summed E-state index contributed by atoms with van der Waals surface area (Å²) in [6.45, 7) is 4.70. The molecule has 1 aromatic carbocycles. The first-order valence-electron chi connectivity index (χ1n) is 7.14. The van der Waals surface area contributed by atoms with Crippen LogP contribution < -0.4 is 15.4 Å². The van der Waals surface area contributed by atoms with E-state index in [9.17, 15) is 0 Å². The van der Waals surface area contributed by atoms with Crippen LogP contribution in [0.15, 0.2) is 29.3 Å². The molecule has 5 heteroatoms. The molecule has 110 valence electrons. The van der Waals surface area contributed by atoms with Crippen LogP contribution in [0, 0.1) is 0 Å². The van der Waals surface area contributed by atoms with Crippen LogP contribution in [0.1, 0.15) is 31.2 Å². The second-order valence-corrected chi connectivity index (χ2v) is 5.11. The van der Waals surface area contributed by atoms with Crippen molar-refractivity contribution in [1.29, 1.82) is 0 Å². The zero-order valence-corrected chi connectivity index (χ0v) is 14.1. The molecule has 0 aromatic heterocycles. The standard InChI is InChI=1S/C15H21N3O.HI/c1-2-19-12-6-4-11(5-7-12)13-10-14(13)18-15-16-8-3-9-17-15;/h4-7,13-14H,2-3,8-10H2,1H3,(H2,16,17,18);1H/t13-,14+;/m0./s1. The van der Waals surface area contributed by atoms with Crippen molar-refractivity contribution in [3.63, 3.8) is 0 Å². The molecule has 1 aromatic rings. The van der Waals surface area contributed by atoms with E-state index in [-0.39, 0.29) is 24.0 Å². The van der Waals surface area contributed by atoms with Gasteiger partial charge in [0.15, 0.2) is 5.96 Å². The smallest absolute Gasteiger partial charge is 0.191 e. The molecule has 0 bridgehead atoms. The number of ether oxygens (including phenoxy) is 1. The summed E-state index contributed by atoms with van der Waals surface area (Å²) in [6.07, 6.45) is 2.33. The van der Waals surface area contributed by atoms with Gasteiger partial charge in [-0.3, -0.25) is 4.99 Å². The summed E-state index contributed by atoms with van der Waals surface area (Å²) < 4.78 is 5.46. The molecular formula is C15H22IN3O. The van der Waals surface area contributed by atoms with E-state index in [2.05, 4.69) is 39.9 Å². The first-order chi connectivity index (χ1) is 9.36. The fourth-order valence-corrected chi connectivity index (χ4v) is 2.51. The average molecular weight is 387 g/mol. The highest BCUT2D eigenvalue weighted by Crippen LogP contribution is 2.41. The van der Waals surface area contributed by atoms with Crippen LogP contribution in [0.4, 0.5) is 0 Å². The lowest BCUT2D eigenvalue weighted by Gasteiger charge is -2.16. The fourth-order valence-electron chi connectivity index (χ4n) is 2.51. The third-order valence-electron chi connectivity index (χ3n) is 3.63. The maximum Gasteiger partial charge on any atom is 0.191 e. The summed E-state index contributed by atoms with van der Waals surface area (Å²) in [7, 11) is 0. The Labute approximate surface area is 137 Å². The molecule has 2 atom stereocenters. The fraction of sp³-hybridized carbons (Fsp3) is 0.533. The van der Waals surface area contributed by atoms with Gasteiger partial charge in [0.05, 0.1) is 6.61 Å². The molecule has 0 saturated heterocycles. The Hall–Kier alpha value is -0.980. The quantitative estimate of drug-likeness (QED) is 0.781. The summed E-state index contributed by atoms with van der Waals surface area (Å²) >= 11 is 0. The number of benzene rings is 1. The summed E-state index contributed by atoms with van der Waals surface area (Å²) in [5, 5.41) is 6.80. The number of guanidine groups is 1. The van der Waals surface area contributed by atoms with Crippen LogP contribution in [0.25, 0.3) is 0 Å². The van der Waals surface area contributed by atoms with Gasteiger partial charge in [0.2, 0.25) is 0 Å². The summed E-state index contributed by atoms with van der Waals surface area (Å²) in [6, 6.07) is 9.00. The van der Waals surface area contributed by atoms with Crippen LogP contribution >= 0.6 is 24.0 Å². The number of aliphatic imine (C=N–C) groups is 1. The first-order valence-corrected chi connectivity index (χ1v) is 7.14. The SMILES string of the molecule is CCOc1ccc([C@@H]2C[C@H]2NC2=NCCCN2)cc1.I. The van der Waals surface area contributed by atoms with E-state index in [1.165, 1.54) is 12.0 Å². The third kappa shape index (κ3) is 3.77. The van der Waals surface area contributed by atoms with Crippen molar-refractivity contribution >= 4 is 29.9 Å². The molecule has 1 heterocycles. The Balaban J connectivity index is 0.00000147. The molecule has 0 unspecified atom stereocenters. The van der Waals surface area contributed by atoms with Gasteiger partial charge in [-0.2, -0.15) is 0 Å². The van der Waals surface area contributed by atoms with Gasteiger partial charge in [0.1, 0.15) is 5.75 Å². The Bertz CT molecular complexity index is 461. The number of nitrogens with one attached hydrogen (secondary N) is 2.